The van der Waals surface area contributed by atoms with Crippen LogP contribution in [0.4, 0.5) is 20.4 Å². The molecule has 0 unspecified atom stereocenters. The van der Waals surface area contributed by atoms with Gasteiger partial charge in [-0.2, -0.15) is 0 Å². The van der Waals surface area contributed by atoms with Crippen LogP contribution in [-0.2, 0) is 6.54 Å². The van der Waals surface area contributed by atoms with Crippen LogP contribution >= 0.6 is 0 Å². The summed E-state index contributed by atoms with van der Waals surface area (Å²) in [7, 11) is 1.68. The van der Waals surface area contributed by atoms with Crippen LogP contribution in [0.2, 0.25) is 0 Å². The minimum atomic E-state index is -0.843. The number of anilines is 2. The molecular weight excluding hydrogens is 248 g/mol. The average molecular weight is 263 g/mol. The molecule has 0 saturated heterocycles. The third kappa shape index (κ3) is 2.99. The fraction of sp³-hybridized carbons (Fsp3) is 0.214. The number of aryl methyl sites for hydroxylation is 1. The van der Waals surface area contributed by atoms with Gasteiger partial charge in [0.25, 0.3) is 0 Å². The molecule has 0 fully saturated rings. The molecule has 5 heteroatoms. The summed E-state index contributed by atoms with van der Waals surface area (Å²) in [5, 5.41) is 0. The molecule has 3 nitrogen and oxygen atoms in total. The SMILES string of the molecule is Cc1ccc(CN(C)c2nc(N)c(F)cc2F)cc1. The third-order valence-corrected chi connectivity index (χ3v) is 2.84. The molecule has 0 aliphatic carbocycles. The minimum absolute atomic E-state index is 0.0412. The Kier molecular flexibility index (Phi) is 3.64. The lowest BCUT2D eigenvalue weighted by molar-refractivity contribution is 0.574. The van der Waals surface area contributed by atoms with E-state index in [-0.39, 0.29) is 11.6 Å². The molecule has 1 heterocycles. The van der Waals surface area contributed by atoms with Crippen LogP contribution in [0.1, 0.15) is 11.1 Å². The molecule has 0 aliphatic heterocycles. The van der Waals surface area contributed by atoms with Crippen molar-refractivity contribution in [2.75, 3.05) is 17.7 Å². The van der Waals surface area contributed by atoms with E-state index in [1.165, 1.54) is 0 Å². The van der Waals surface area contributed by atoms with Crippen molar-refractivity contribution in [2.24, 2.45) is 0 Å². The Bertz CT molecular complexity index is 582. The van der Waals surface area contributed by atoms with E-state index in [1.807, 2.05) is 31.2 Å². The normalized spacial score (nSPS) is 10.5. The molecule has 1 aromatic heterocycles. The molecule has 1 aromatic carbocycles. The maximum atomic E-state index is 13.6. The van der Waals surface area contributed by atoms with E-state index in [0.717, 1.165) is 17.2 Å². The Labute approximate surface area is 110 Å². The van der Waals surface area contributed by atoms with Gasteiger partial charge in [-0.1, -0.05) is 29.8 Å². The lowest BCUT2D eigenvalue weighted by Gasteiger charge is -2.19. The Balaban J connectivity index is 2.22. The Hall–Kier alpha value is -2.17. The Morgan fingerprint density at radius 2 is 1.79 bits per heavy atom. The van der Waals surface area contributed by atoms with Gasteiger partial charge in [-0.05, 0) is 12.5 Å². The molecule has 0 aliphatic rings. The van der Waals surface area contributed by atoms with Crippen LogP contribution < -0.4 is 10.6 Å². The van der Waals surface area contributed by atoms with Crippen molar-refractivity contribution in [3.8, 4) is 0 Å². The van der Waals surface area contributed by atoms with E-state index < -0.39 is 11.6 Å². The summed E-state index contributed by atoms with van der Waals surface area (Å²) in [6, 6.07) is 8.62. The highest BCUT2D eigenvalue weighted by Gasteiger charge is 2.13. The van der Waals surface area contributed by atoms with E-state index in [1.54, 1.807) is 11.9 Å². The van der Waals surface area contributed by atoms with E-state index in [4.69, 9.17) is 5.73 Å². The summed E-state index contributed by atoms with van der Waals surface area (Å²) in [5.41, 5.74) is 7.53. The monoisotopic (exact) mass is 263 g/mol. The topological polar surface area (TPSA) is 42.2 Å². The van der Waals surface area contributed by atoms with Crippen LogP contribution in [0, 0.1) is 18.6 Å². The first-order valence-electron chi connectivity index (χ1n) is 5.85. The number of nitrogens with two attached hydrogens (primary N) is 1. The maximum absolute atomic E-state index is 13.6. The summed E-state index contributed by atoms with van der Waals surface area (Å²) in [5.74, 6) is -1.82. The highest BCUT2D eigenvalue weighted by atomic mass is 19.1. The molecular formula is C14H15F2N3. The summed E-state index contributed by atoms with van der Waals surface area (Å²) < 4.78 is 26.7. The second kappa shape index (κ2) is 5.22. The van der Waals surface area contributed by atoms with Crippen molar-refractivity contribution in [1.29, 1.82) is 0 Å². The fourth-order valence-corrected chi connectivity index (χ4v) is 1.78. The molecule has 0 amide bonds. The number of nitrogen functional groups attached to an aromatic ring is 1. The zero-order valence-electron chi connectivity index (χ0n) is 10.8. The number of nitrogens with zero attached hydrogens (tertiary/aromatic N) is 2. The van der Waals surface area contributed by atoms with Gasteiger partial charge in [0, 0.05) is 19.7 Å². The summed E-state index contributed by atoms with van der Waals surface area (Å²) in [4.78, 5) is 5.33. The number of halogens is 2. The van der Waals surface area contributed by atoms with E-state index >= 15 is 0 Å². The van der Waals surface area contributed by atoms with Gasteiger partial charge < -0.3 is 10.6 Å². The molecule has 100 valence electrons. The summed E-state index contributed by atoms with van der Waals surface area (Å²) in [6.07, 6.45) is 0. The molecule has 0 saturated carbocycles. The standard InChI is InChI=1S/C14H15F2N3/c1-9-3-5-10(6-4-9)8-19(2)14-12(16)7-11(15)13(17)18-14/h3-7H,8H2,1-2H3,(H2,17,18). The molecule has 0 bridgehead atoms. The molecule has 0 radical (unpaired) electrons. The van der Waals surface area contributed by atoms with Gasteiger partial charge in [-0.3, -0.25) is 0 Å². The van der Waals surface area contributed by atoms with Crippen molar-refractivity contribution in [3.05, 3.63) is 53.1 Å². The number of aromatic nitrogens is 1. The van der Waals surface area contributed by atoms with E-state index in [2.05, 4.69) is 4.98 Å². The lowest BCUT2D eigenvalue weighted by atomic mass is 10.1. The van der Waals surface area contributed by atoms with Crippen molar-refractivity contribution in [1.82, 2.24) is 4.98 Å². The number of rotatable bonds is 3. The van der Waals surface area contributed by atoms with Crippen molar-refractivity contribution in [2.45, 2.75) is 13.5 Å². The molecule has 2 rings (SSSR count). The van der Waals surface area contributed by atoms with Gasteiger partial charge in [0.2, 0.25) is 0 Å². The molecule has 0 atom stereocenters. The maximum Gasteiger partial charge on any atom is 0.168 e. The van der Waals surface area contributed by atoms with Crippen molar-refractivity contribution < 1.29 is 8.78 Å². The molecule has 0 spiro atoms. The molecule has 2 aromatic rings. The van der Waals surface area contributed by atoms with Gasteiger partial charge in [-0.15, -0.1) is 0 Å². The first-order valence-corrected chi connectivity index (χ1v) is 5.85. The van der Waals surface area contributed by atoms with Crippen LogP contribution in [0.25, 0.3) is 0 Å². The highest BCUT2D eigenvalue weighted by Crippen LogP contribution is 2.21. The number of hydrogen-bond donors (Lipinski definition) is 1. The van der Waals surface area contributed by atoms with Crippen LogP contribution in [0.5, 0.6) is 0 Å². The quantitative estimate of drug-likeness (QED) is 0.925. The van der Waals surface area contributed by atoms with E-state index in [9.17, 15) is 8.78 Å². The third-order valence-electron chi connectivity index (χ3n) is 2.84. The van der Waals surface area contributed by atoms with E-state index in [0.29, 0.717) is 6.54 Å². The second-order valence-corrected chi connectivity index (χ2v) is 4.50. The summed E-state index contributed by atoms with van der Waals surface area (Å²) in [6.45, 7) is 2.46. The summed E-state index contributed by atoms with van der Waals surface area (Å²) >= 11 is 0. The smallest absolute Gasteiger partial charge is 0.168 e. The lowest BCUT2D eigenvalue weighted by Crippen LogP contribution is -2.20. The number of pyridine rings is 1. The zero-order valence-corrected chi connectivity index (χ0v) is 10.8. The predicted molar refractivity (Wildman–Crippen MR) is 71.9 cm³/mol. The van der Waals surface area contributed by atoms with Gasteiger partial charge in [0.15, 0.2) is 23.3 Å². The van der Waals surface area contributed by atoms with Crippen molar-refractivity contribution in [3.63, 3.8) is 0 Å². The minimum Gasteiger partial charge on any atom is -0.381 e. The number of hydrogen-bond acceptors (Lipinski definition) is 3. The van der Waals surface area contributed by atoms with Crippen LogP contribution in [-0.4, -0.2) is 12.0 Å². The van der Waals surface area contributed by atoms with Gasteiger partial charge in [0.1, 0.15) is 0 Å². The zero-order chi connectivity index (χ0) is 14.0. The first-order chi connectivity index (χ1) is 8.97. The van der Waals surface area contributed by atoms with Gasteiger partial charge >= 0.3 is 0 Å². The molecule has 2 N–H and O–H groups in total. The Morgan fingerprint density at radius 1 is 1.16 bits per heavy atom. The van der Waals surface area contributed by atoms with Crippen LogP contribution in [0.3, 0.4) is 0 Å². The average Bonchev–Trinajstić information content (AvgIpc) is 2.36. The number of benzene rings is 1. The van der Waals surface area contributed by atoms with Gasteiger partial charge in [0.05, 0.1) is 0 Å². The predicted octanol–water partition coefficient (Wildman–Crippen LogP) is 2.89. The largest absolute Gasteiger partial charge is 0.381 e. The highest BCUT2D eigenvalue weighted by molar-refractivity contribution is 5.47. The Morgan fingerprint density at radius 3 is 2.42 bits per heavy atom. The van der Waals surface area contributed by atoms with Gasteiger partial charge in [-0.25, -0.2) is 13.8 Å². The fourth-order valence-electron chi connectivity index (χ4n) is 1.78. The van der Waals surface area contributed by atoms with Crippen molar-refractivity contribution >= 4 is 11.6 Å². The van der Waals surface area contributed by atoms with Crippen LogP contribution in [0.15, 0.2) is 30.3 Å². The second-order valence-electron chi connectivity index (χ2n) is 4.50. The first kappa shape index (κ1) is 13.3. The molecule has 19 heavy (non-hydrogen) atoms.